The first-order chi connectivity index (χ1) is 11.8. The molecule has 2 aliphatic heterocycles. The summed E-state index contributed by atoms with van der Waals surface area (Å²) >= 11 is 0. The number of rotatable bonds is 2. The molecule has 1 unspecified atom stereocenters. The average molecular weight is 337 g/mol. The van der Waals surface area contributed by atoms with Gasteiger partial charge in [-0.2, -0.15) is 0 Å². The highest BCUT2D eigenvalue weighted by Gasteiger charge is 2.45. The summed E-state index contributed by atoms with van der Waals surface area (Å²) < 4.78 is 0. The van der Waals surface area contributed by atoms with Gasteiger partial charge >= 0.3 is 0 Å². The molecule has 25 heavy (non-hydrogen) atoms. The summed E-state index contributed by atoms with van der Waals surface area (Å²) in [5, 5.41) is 13.1. The van der Waals surface area contributed by atoms with Crippen molar-refractivity contribution in [1.82, 2.24) is 0 Å². The molecule has 130 valence electrons. The van der Waals surface area contributed by atoms with Crippen LogP contribution in [0.3, 0.4) is 0 Å². The van der Waals surface area contributed by atoms with Gasteiger partial charge < -0.3 is 20.2 Å². The van der Waals surface area contributed by atoms with Gasteiger partial charge in [-0.15, -0.1) is 0 Å². The van der Waals surface area contributed by atoms with E-state index in [1.165, 1.54) is 0 Å². The molecule has 0 aliphatic carbocycles. The van der Waals surface area contributed by atoms with E-state index < -0.39 is 5.41 Å². The highest BCUT2D eigenvalue weighted by molar-refractivity contribution is 6.09. The van der Waals surface area contributed by atoms with Gasteiger partial charge in [-0.1, -0.05) is 12.1 Å². The second-order valence-electron chi connectivity index (χ2n) is 7.31. The largest absolute Gasteiger partial charge is 0.508 e. The second kappa shape index (κ2) is 5.15. The van der Waals surface area contributed by atoms with E-state index in [2.05, 4.69) is 22.3 Å². The van der Waals surface area contributed by atoms with Crippen LogP contribution in [-0.4, -0.2) is 24.6 Å². The first-order valence-electron chi connectivity index (χ1n) is 8.63. The molecule has 2 N–H and O–H groups in total. The maximum Gasteiger partial charge on any atom is 0.237 e. The predicted octanol–water partition coefficient (Wildman–Crippen LogP) is 3.60. The summed E-state index contributed by atoms with van der Waals surface area (Å²) in [5.41, 5.74) is 4.79. The van der Waals surface area contributed by atoms with E-state index in [0.29, 0.717) is 6.54 Å². The fraction of sp³-hybridized carbons (Fsp3) is 0.350. The fourth-order valence-corrected chi connectivity index (χ4v) is 3.93. The molecule has 0 saturated heterocycles. The molecule has 5 heteroatoms. The number of amides is 1. The van der Waals surface area contributed by atoms with E-state index in [-0.39, 0.29) is 17.8 Å². The number of phenols is 1. The first kappa shape index (κ1) is 15.8. The van der Waals surface area contributed by atoms with Crippen molar-refractivity contribution in [2.75, 3.05) is 28.7 Å². The Balaban J connectivity index is 1.78. The van der Waals surface area contributed by atoms with Gasteiger partial charge in [-0.05, 0) is 56.2 Å². The van der Waals surface area contributed by atoms with Crippen molar-refractivity contribution in [3.8, 4) is 5.75 Å². The van der Waals surface area contributed by atoms with Gasteiger partial charge in [-0.3, -0.25) is 4.79 Å². The fourth-order valence-electron chi connectivity index (χ4n) is 3.93. The molecule has 1 atom stereocenters. The number of carbonyl (C=O) groups excluding carboxylic acids is 1. The van der Waals surface area contributed by atoms with Crippen molar-refractivity contribution in [3.63, 3.8) is 0 Å². The van der Waals surface area contributed by atoms with Gasteiger partial charge in [0.15, 0.2) is 0 Å². The van der Waals surface area contributed by atoms with Crippen LogP contribution in [0.25, 0.3) is 0 Å². The summed E-state index contributed by atoms with van der Waals surface area (Å²) in [4.78, 5) is 16.8. The summed E-state index contributed by atoms with van der Waals surface area (Å²) in [6.45, 7) is 6.67. The molecule has 1 amide bonds. The number of carbonyl (C=O) groups is 1. The van der Waals surface area contributed by atoms with Crippen LogP contribution in [0.1, 0.15) is 38.1 Å². The lowest BCUT2D eigenvalue weighted by atomic mass is 9.86. The minimum Gasteiger partial charge on any atom is -0.508 e. The molecular formula is C20H23N3O2. The Hall–Kier alpha value is -2.69. The Bertz CT molecular complexity index is 858. The zero-order chi connectivity index (χ0) is 17.9. The number of fused-ring (bicyclic) bond motifs is 2. The SMILES string of the molecule is CCN1C(=O)C(C)(C)c2cc3c(cc21)N(C)C(c1ccc(O)cc1)N3. The third-order valence-corrected chi connectivity index (χ3v) is 5.44. The Morgan fingerprint density at radius 2 is 1.84 bits per heavy atom. The van der Waals surface area contributed by atoms with Crippen LogP contribution in [0.15, 0.2) is 36.4 Å². The lowest BCUT2D eigenvalue weighted by molar-refractivity contribution is -0.122. The second-order valence-corrected chi connectivity index (χ2v) is 7.31. The number of benzene rings is 2. The molecule has 0 radical (unpaired) electrons. The first-order valence-corrected chi connectivity index (χ1v) is 8.63. The Labute approximate surface area is 147 Å². The van der Waals surface area contributed by atoms with E-state index in [4.69, 9.17) is 0 Å². The molecule has 2 aromatic carbocycles. The van der Waals surface area contributed by atoms with Gasteiger partial charge in [0, 0.05) is 13.6 Å². The number of hydrogen-bond acceptors (Lipinski definition) is 4. The molecule has 0 spiro atoms. The molecule has 0 saturated carbocycles. The number of phenolic OH excluding ortho intramolecular Hbond substituents is 1. The molecule has 2 heterocycles. The lowest BCUT2D eigenvalue weighted by Crippen LogP contribution is -2.35. The Morgan fingerprint density at radius 1 is 1.16 bits per heavy atom. The summed E-state index contributed by atoms with van der Waals surface area (Å²) in [7, 11) is 2.04. The molecule has 2 aliphatic rings. The Kier molecular flexibility index (Phi) is 3.26. The van der Waals surface area contributed by atoms with Gasteiger partial charge in [0.1, 0.15) is 11.9 Å². The van der Waals surface area contributed by atoms with E-state index in [0.717, 1.165) is 28.2 Å². The quantitative estimate of drug-likeness (QED) is 0.879. The maximum atomic E-state index is 12.7. The maximum absolute atomic E-state index is 12.7. The summed E-state index contributed by atoms with van der Waals surface area (Å²) in [5.74, 6) is 0.422. The van der Waals surface area contributed by atoms with Gasteiger partial charge in [0.25, 0.3) is 0 Å². The monoisotopic (exact) mass is 337 g/mol. The number of anilines is 3. The van der Waals surface area contributed by atoms with Crippen LogP contribution in [0.2, 0.25) is 0 Å². The number of nitrogens with zero attached hydrogens (tertiary/aromatic N) is 2. The number of likely N-dealkylation sites (N-methyl/N-ethyl adjacent to an activating group) is 1. The molecule has 0 aromatic heterocycles. The normalized spacial score (nSPS) is 20.5. The van der Waals surface area contributed by atoms with Crippen LogP contribution in [-0.2, 0) is 10.2 Å². The highest BCUT2D eigenvalue weighted by Crippen LogP contribution is 2.49. The van der Waals surface area contributed by atoms with Gasteiger partial charge in [-0.25, -0.2) is 0 Å². The highest BCUT2D eigenvalue weighted by atomic mass is 16.3. The molecule has 0 fully saturated rings. The minimum atomic E-state index is -0.503. The third-order valence-electron chi connectivity index (χ3n) is 5.44. The van der Waals surface area contributed by atoms with Crippen molar-refractivity contribution in [1.29, 1.82) is 0 Å². The molecule has 2 aromatic rings. The number of aromatic hydroxyl groups is 1. The van der Waals surface area contributed by atoms with Gasteiger partial charge in [0.2, 0.25) is 5.91 Å². The zero-order valence-electron chi connectivity index (χ0n) is 15.0. The molecule has 0 bridgehead atoms. The summed E-state index contributed by atoms with van der Waals surface area (Å²) in [6, 6.07) is 11.5. The van der Waals surface area contributed by atoms with E-state index >= 15 is 0 Å². The van der Waals surface area contributed by atoms with Crippen molar-refractivity contribution in [2.45, 2.75) is 32.4 Å². The minimum absolute atomic E-state index is 0.00650. The van der Waals surface area contributed by atoms with Crippen molar-refractivity contribution in [2.24, 2.45) is 0 Å². The molecular weight excluding hydrogens is 314 g/mol. The smallest absolute Gasteiger partial charge is 0.237 e. The molecule has 4 rings (SSSR count). The number of hydrogen-bond donors (Lipinski definition) is 2. The predicted molar refractivity (Wildman–Crippen MR) is 100 cm³/mol. The third kappa shape index (κ3) is 2.11. The lowest BCUT2D eigenvalue weighted by Gasteiger charge is -2.23. The van der Waals surface area contributed by atoms with E-state index in [1.54, 1.807) is 12.1 Å². The van der Waals surface area contributed by atoms with Crippen LogP contribution < -0.4 is 15.1 Å². The van der Waals surface area contributed by atoms with Crippen LogP contribution in [0, 0.1) is 0 Å². The average Bonchev–Trinajstić information content (AvgIpc) is 3.00. The van der Waals surface area contributed by atoms with E-state index in [9.17, 15) is 9.90 Å². The van der Waals surface area contributed by atoms with Crippen LogP contribution in [0.5, 0.6) is 5.75 Å². The van der Waals surface area contributed by atoms with Gasteiger partial charge in [0.05, 0.1) is 22.5 Å². The van der Waals surface area contributed by atoms with E-state index in [1.807, 2.05) is 44.9 Å². The summed E-state index contributed by atoms with van der Waals surface area (Å²) in [6.07, 6.45) is 0.00650. The van der Waals surface area contributed by atoms with Crippen molar-refractivity contribution >= 4 is 23.0 Å². The standard InChI is InChI=1S/C20H23N3O2/c1-5-23-16-11-17-15(10-14(16)20(2,3)19(23)25)21-18(22(17)4)12-6-8-13(24)9-7-12/h6-11,18,21,24H,5H2,1-4H3. The van der Waals surface area contributed by atoms with Crippen LogP contribution in [0.4, 0.5) is 17.1 Å². The number of nitrogens with one attached hydrogen (secondary N) is 1. The Morgan fingerprint density at radius 3 is 2.48 bits per heavy atom. The van der Waals surface area contributed by atoms with Crippen molar-refractivity contribution < 1.29 is 9.90 Å². The van der Waals surface area contributed by atoms with Crippen molar-refractivity contribution in [3.05, 3.63) is 47.5 Å². The zero-order valence-corrected chi connectivity index (χ0v) is 15.0. The van der Waals surface area contributed by atoms with Crippen LogP contribution >= 0.6 is 0 Å². The molecule has 5 nitrogen and oxygen atoms in total. The topological polar surface area (TPSA) is 55.8 Å².